The van der Waals surface area contributed by atoms with Gasteiger partial charge >= 0.3 is 6.41 Å². The second-order valence-corrected chi connectivity index (χ2v) is 2.98. The summed E-state index contributed by atoms with van der Waals surface area (Å²) < 4.78 is 0. The molecule has 0 aliphatic rings. The fraction of sp³-hybridized carbons (Fsp3) is 0.875. The number of hydrogen-bond donors (Lipinski definition) is 2. The van der Waals surface area contributed by atoms with Crippen LogP contribution in [-0.4, -0.2) is 26.0 Å². The second kappa shape index (κ2) is 7.54. The molecule has 0 heterocycles. The van der Waals surface area contributed by atoms with Crippen LogP contribution in [0, 0.1) is 5.92 Å². The third kappa shape index (κ3) is 9.43. The molecule has 0 aliphatic carbocycles. The summed E-state index contributed by atoms with van der Waals surface area (Å²) in [6, 6.07) is 0. The average molecular weight is 157 g/mol. The lowest BCUT2D eigenvalue weighted by Gasteiger charge is -2.05. The lowest BCUT2D eigenvalue weighted by molar-refractivity contribution is 0.525. The summed E-state index contributed by atoms with van der Waals surface area (Å²) in [5.74, 6) is 0.695. The summed E-state index contributed by atoms with van der Waals surface area (Å²) in [6.45, 7) is 7.07. The van der Waals surface area contributed by atoms with Crippen molar-refractivity contribution in [2.45, 2.75) is 20.3 Å². The molecule has 1 amide bonds. The van der Waals surface area contributed by atoms with Crippen LogP contribution in [-0.2, 0) is 4.79 Å². The molecule has 65 valence electrons. The van der Waals surface area contributed by atoms with Crippen LogP contribution in [0.2, 0.25) is 0 Å². The highest BCUT2D eigenvalue weighted by Gasteiger charge is 1.91. The topological polar surface area (TPSA) is 41.1 Å². The van der Waals surface area contributed by atoms with E-state index in [2.05, 4.69) is 24.5 Å². The molecule has 3 heteroatoms. The van der Waals surface area contributed by atoms with Crippen molar-refractivity contribution in [2.24, 2.45) is 5.92 Å². The normalized spacial score (nSPS) is 10.1. The van der Waals surface area contributed by atoms with Gasteiger partial charge in [-0.05, 0) is 25.4 Å². The molecule has 2 N–H and O–H groups in total. The SMILES string of the molecule is CC(C)CNCCCN[C]=O. The molecule has 0 aromatic heterocycles. The Morgan fingerprint density at radius 1 is 1.36 bits per heavy atom. The number of nitrogens with one attached hydrogen (secondary N) is 2. The summed E-state index contributed by atoms with van der Waals surface area (Å²) in [7, 11) is 0. The molecular weight excluding hydrogens is 140 g/mol. The smallest absolute Gasteiger partial charge is 0.309 e. The van der Waals surface area contributed by atoms with Crippen LogP contribution in [0.3, 0.4) is 0 Å². The summed E-state index contributed by atoms with van der Waals surface area (Å²) in [6.07, 6.45) is 2.61. The monoisotopic (exact) mass is 157 g/mol. The molecule has 0 saturated heterocycles. The van der Waals surface area contributed by atoms with Gasteiger partial charge in [0.15, 0.2) is 0 Å². The Hall–Kier alpha value is -0.570. The fourth-order valence-electron chi connectivity index (χ4n) is 0.744. The number of carbonyl (C=O) groups excluding carboxylic acids is 1. The van der Waals surface area contributed by atoms with Crippen molar-refractivity contribution in [3.63, 3.8) is 0 Å². The Morgan fingerprint density at radius 2 is 2.09 bits per heavy atom. The lowest BCUT2D eigenvalue weighted by atomic mass is 10.2. The molecule has 11 heavy (non-hydrogen) atoms. The highest BCUT2D eigenvalue weighted by Crippen LogP contribution is 1.86. The summed E-state index contributed by atoms with van der Waals surface area (Å²) in [4.78, 5) is 9.69. The highest BCUT2D eigenvalue weighted by atomic mass is 16.1. The Balaban J connectivity index is 2.85. The van der Waals surface area contributed by atoms with E-state index in [0.29, 0.717) is 12.5 Å². The van der Waals surface area contributed by atoms with Gasteiger partial charge in [0.2, 0.25) is 0 Å². The average Bonchev–Trinajstić information content (AvgIpc) is 1.96. The zero-order valence-electron chi connectivity index (χ0n) is 7.31. The van der Waals surface area contributed by atoms with E-state index in [1.165, 1.54) is 0 Å². The highest BCUT2D eigenvalue weighted by molar-refractivity contribution is 5.46. The first-order chi connectivity index (χ1) is 5.27. The Morgan fingerprint density at radius 3 is 2.64 bits per heavy atom. The molecule has 1 radical (unpaired) electrons. The minimum Gasteiger partial charge on any atom is -0.348 e. The van der Waals surface area contributed by atoms with Crippen molar-refractivity contribution in [2.75, 3.05) is 19.6 Å². The molecule has 0 saturated carbocycles. The zero-order chi connectivity index (χ0) is 8.53. The van der Waals surface area contributed by atoms with E-state index in [4.69, 9.17) is 0 Å². The van der Waals surface area contributed by atoms with E-state index in [9.17, 15) is 4.79 Å². The molecule has 0 spiro atoms. The van der Waals surface area contributed by atoms with Crippen LogP contribution in [0.25, 0.3) is 0 Å². The van der Waals surface area contributed by atoms with Gasteiger partial charge in [-0.25, -0.2) is 0 Å². The third-order valence-electron chi connectivity index (χ3n) is 1.28. The van der Waals surface area contributed by atoms with Crippen molar-refractivity contribution >= 4 is 6.41 Å². The van der Waals surface area contributed by atoms with Crippen molar-refractivity contribution in [1.82, 2.24) is 10.6 Å². The van der Waals surface area contributed by atoms with E-state index >= 15 is 0 Å². The maximum Gasteiger partial charge on any atom is 0.309 e. The quantitative estimate of drug-likeness (QED) is 0.411. The fourth-order valence-corrected chi connectivity index (χ4v) is 0.744. The van der Waals surface area contributed by atoms with Crippen LogP contribution in [0.15, 0.2) is 0 Å². The molecule has 0 atom stereocenters. The number of rotatable bonds is 7. The maximum absolute atomic E-state index is 9.69. The van der Waals surface area contributed by atoms with E-state index in [1.54, 1.807) is 6.41 Å². The van der Waals surface area contributed by atoms with Crippen molar-refractivity contribution in [1.29, 1.82) is 0 Å². The van der Waals surface area contributed by atoms with Crippen LogP contribution in [0.4, 0.5) is 0 Å². The molecule has 0 aromatic rings. The van der Waals surface area contributed by atoms with Gasteiger partial charge in [0.1, 0.15) is 0 Å². The number of amides is 1. The van der Waals surface area contributed by atoms with Gasteiger partial charge in [-0.2, -0.15) is 0 Å². The molecule has 3 nitrogen and oxygen atoms in total. The first kappa shape index (κ1) is 10.4. The largest absolute Gasteiger partial charge is 0.348 e. The van der Waals surface area contributed by atoms with E-state index in [1.807, 2.05) is 0 Å². The van der Waals surface area contributed by atoms with Crippen LogP contribution in [0.5, 0.6) is 0 Å². The van der Waals surface area contributed by atoms with Gasteiger partial charge in [-0.15, -0.1) is 0 Å². The first-order valence-electron chi connectivity index (χ1n) is 4.08. The van der Waals surface area contributed by atoms with Gasteiger partial charge in [0, 0.05) is 6.54 Å². The predicted octanol–water partition coefficient (Wildman–Crippen LogP) is 0.279. The van der Waals surface area contributed by atoms with Gasteiger partial charge < -0.3 is 10.6 Å². The van der Waals surface area contributed by atoms with E-state index < -0.39 is 0 Å². The summed E-state index contributed by atoms with van der Waals surface area (Å²) >= 11 is 0. The maximum atomic E-state index is 9.69. The summed E-state index contributed by atoms with van der Waals surface area (Å²) in [5, 5.41) is 5.76. The van der Waals surface area contributed by atoms with E-state index in [0.717, 1.165) is 19.5 Å². The standard InChI is InChI=1S/C8H17N2O/c1-8(2)6-9-4-3-5-10-7-11/h8-9H,3-6H2,1-2H3,(H,10,11). The van der Waals surface area contributed by atoms with E-state index in [-0.39, 0.29) is 0 Å². The molecule has 0 aromatic carbocycles. The number of hydrogen-bond acceptors (Lipinski definition) is 2. The molecule has 0 aliphatic heterocycles. The van der Waals surface area contributed by atoms with Crippen LogP contribution in [0.1, 0.15) is 20.3 Å². The van der Waals surface area contributed by atoms with Gasteiger partial charge in [0.05, 0.1) is 0 Å². The zero-order valence-corrected chi connectivity index (χ0v) is 7.31. The molecular formula is C8H17N2O. The lowest BCUT2D eigenvalue weighted by Crippen LogP contribution is -2.24. The van der Waals surface area contributed by atoms with Gasteiger partial charge in [0.25, 0.3) is 0 Å². The van der Waals surface area contributed by atoms with Crippen LogP contribution >= 0.6 is 0 Å². The minimum absolute atomic E-state index is 0.695. The van der Waals surface area contributed by atoms with Gasteiger partial charge in [-0.1, -0.05) is 13.8 Å². The third-order valence-corrected chi connectivity index (χ3v) is 1.28. The molecule has 0 unspecified atom stereocenters. The van der Waals surface area contributed by atoms with Crippen LogP contribution < -0.4 is 10.6 Å². The minimum atomic E-state index is 0.695. The molecule has 0 bridgehead atoms. The molecule has 0 rings (SSSR count). The van der Waals surface area contributed by atoms with Crippen molar-refractivity contribution in [3.05, 3.63) is 0 Å². The Labute approximate surface area is 68.6 Å². The van der Waals surface area contributed by atoms with Gasteiger partial charge in [-0.3, -0.25) is 4.79 Å². The summed E-state index contributed by atoms with van der Waals surface area (Å²) in [5.41, 5.74) is 0. The van der Waals surface area contributed by atoms with Crippen molar-refractivity contribution in [3.8, 4) is 0 Å². The Kier molecular flexibility index (Phi) is 7.15. The van der Waals surface area contributed by atoms with Crippen molar-refractivity contribution < 1.29 is 4.79 Å². The predicted molar refractivity (Wildman–Crippen MR) is 46.0 cm³/mol. The first-order valence-corrected chi connectivity index (χ1v) is 4.08. The molecule has 0 fully saturated rings. The Bertz CT molecular complexity index is 94.1. The second-order valence-electron chi connectivity index (χ2n) is 2.98.